The van der Waals surface area contributed by atoms with Gasteiger partial charge in [-0.1, -0.05) is 11.6 Å². The minimum Gasteiger partial charge on any atom is -0.381 e. The van der Waals surface area contributed by atoms with E-state index in [2.05, 4.69) is 34.2 Å². The van der Waals surface area contributed by atoms with Crippen molar-refractivity contribution in [3.63, 3.8) is 0 Å². The van der Waals surface area contributed by atoms with E-state index in [9.17, 15) is 9.18 Å². The second-order valence-electron chi connectivity index (χ2n) is 9.33. The molecule has 0 aliphatic carbocycles. The molecule has 0 saturated carbocycles. The normalized spacial score (nSPS) is 22.3. The molecule has 2 aliphatic rings. The van der Waals surface area contributed by atoms with E-state index in [1.165, 1.54) is 6.07 Å². The van der Waals surface area contributed by atoms with Crippen molar-refractivity contribution < 1.29 is 13.9 Å². The van der Waals surface area contributed by atoms with E-state index in [1.807, 2.05) is 0 Å². The van der Waals surface area contributed by atoms with Crippen molar-refractivity contribution in [3.8, 4) is 11.3 Å². The van der Waals surface area contributed by atoms with E-state index in [-0.39, 0.29) is 23.9 Å². The largest absolute Gasteiger partial charge is 0.381 e. The molecule has 1 N–H and O–H groups in total. The lowest BCUT2D eigenvalue weighted by atomic mass is 9.88. The number of aromatic nitrogens is 2. The number of nitrogens with one attached hydrogen (secondary N) is 1. The number of rotatable bonds is 7. The topological polar surface area (TPSA) is 67.3 Å². The van der Waals surface area contributed by atoms with Crippen LogP contribution in [0.1, 0.15) is 38.3 Å². The first-order valence-corrected chi connectivity index (χ1v) is 12.1. The van der Waals surface area contributed by atoms with Gasteiger partial charge in [0.1, 0.15) is 5.78 Å². The Hall–Kier alpha value is -2.09. The summed E-state index contributed by atoms with van der Waals surface area (Å²) in [4.78, 5) is 24.0. The zero-order valence-electron chi connectivity index (χ0n) is 19.3. The Morgan fingerprint density at radius 2 is 2.06 bits per heavy atom. The highest BCUT2D eigenvalue weighted by Crippen LogP contribution is 2.29. The Morgan fingerprint density at radius 1 is 1.27 bits per heavy atom. The standard InChI is InChI=1S/C25H32ClFN4O2/c1-16-3-4-18(15-31(16)2)24(32)12-19-11-20(21(26)14-28-19)23-6-5-22(27)25(30-23)29-13-17-7-9-33-10-8-17/h5-6,11,14,16-18H,3-4,7-10,12-13,15H2,1-2H3,(H,29,30)/t16-,18-/m0/s1. The predicted molar refractivity (Wildman–Crippen MR) is 128 cm³/mol. The summed E-state index contributed by atoms with van der Waals surface area (Å²) in [5, 5.41) is 3.57. The van der Waals surface area contributed by atoms with Crippen LogP contribution in [0.2, 0.25) is 5.02 Å². The molecule has 178 valence electrons. The van der Waals surface area contributed by atoms with Crippen molar-refractivity contribution in [1.29, 1.82) is 0 Å². The van der Waals surface area contributed by atoms with Crippen LogP contribution >= 0.6 is 11.6 Å². The van der Waals surface area contributed by atoms with Crippen LogP contribution in [0.25, 0.3) is 11.3 Å². The van der Waals surface area contributed by atoms with Gasteiger partial charge in [-0.05, 0) is 63.8 Å². The predicted octanol–water partition coefficient (Wildman–Crippen LogP) is 4.62. The summed E-state index contributed by atoms with van der Waals surface area (Å²) in [6, 6.07) is 5.32. The monoisotopic (exact) mass is 474 g/mol. The number of nitrogens with zero attached hydrogens (tertiary/aromatic N) is 3. The molecule has 6 nitrogen and oxygen atoms in total. The van der Waals surface area contributed by atoms with Gasteiger partial charge in [-0.25, -0.2) is 9.37 Å². The van der Waals surface area contributed by atoms with Gasteiger partial charge in [0.2, 0.25) is 0 Å². The molecular weight excluding hydrogens is 443 g/mol. The Labute approximate surface area is 199 Å². The summed E-state index contributed by atoms with van der Waals surface area (Å²) in [5.74, 6) is 0.468. The SMILES string of the molecule is C[C@H]1CC[C@H](C(=O)Cc2cc(-c3ccc(F)c(NCC4CCOCC4)n3)c(Cl)cn2)CN1C. The number of hydrogen-bond acceptors (Lipinski definition) is 6. The molecule has 0 amide bonds. The van der Waals surface area contributed by atoms with E-state index in [1.54, 1.807) is 18.3 Å². The molecule has 0 bridgehead atoms. The number of carbonyl (C=O) groups is 1. The van der Waals surface area contributed by atoms with Gasteiger partial charge in [-0.15, -0.1) is 0 Å². The zero-order chi connectivity index (χ0) is 23.4. The number of halogens is 2. The Kier molecular flexibility index (Phi) is 7.94. The average Bonchev–Trinajstić information content (AvgIpc) is 2.82. The van der Waals surface area contributed by atoms with E-state index in [4.69, 9.17) is 16.3 Å². The minimum atomic E-state index is -0.401. The zero-order valence-corrected chi connectivity index (χ0v) is 20.1. The van der Waals surface area contributed by atoms with Gasteiger partial charge in [0.05, 0.1) is 10.7 Å². The maximum Gasteiger partial charge on any atom is 0.165 e. The maximum absolute atomic E-state index is 14.4. The molecule has 2 aliphatic heterocycles. The van der Waals surface area contributed by atoms with Crippen LogP contribution in [-0.2, 0) is 16.0 Å². The van der Waals surface area contributed by atoms with Crippen molar-refractivity contribution in [2.45, 2.75) is 45.1 Å². The number of anilines is 1. The Morgan fingerprint density at radius 3 is 2.82 bits per heavy atom. The van der Waals surface area contributed by atoms with E-state index < -0.39 is 5.82 Å². The summed E-state index contributed by atoms with van der Waals surface area (Å²) in [7, 11) is 2.07. The van der Waals surface area contributed by atoms with Crippen LogP contribution in [0.4, 0.5) is 10.2 Å². The summed E-state index contributed by atoms with van der Waals surface area (Å²) < 4.78 is 19.8. The molecule has 33 heavy (non-hydrogen) atoms. The highest BCUT2D eigenvalue weighted by atomic mass is 35.5. The molecule has 4 rings (SSSR count). The lowest BCUT2D eigenvalue weighted by Gasteiger charge is -2.34. The van der Waals surface area contributed by atoms with E-state index in [0.717, 1.165) is 45.4 Å². The molecule has 2 saturated heterocycles. The van der Waals surface area contributed by atoms with Crippen LogP contribution < -0.4 is 5.32 Å². The number of Topliss-reactive ketones (excluding diaryl/α,β-unsaturated/α-hetero) is 1. The third-order valence-corrected chi connectivity index (χ3v) is 7.24. The third kappa shape index (κ3) is 6.08. The molecule has 2 aromatic rings. The van der Waals surface area contributed by atoms with Crippen LogP contribution in [0, 0.1) is 17.7 Å². The smallest absolute Gasteiger partial charge is 0.165 e. The average molecular weight is 475 g/mol. The van der Waals surface area contributed by atoms with Gasteiger partial charge in [-0.3, -0.25) is 9.78 Å². The number of pyridine rings is 2. The quantitative estimate of drug-likeness (QED) is 0.631. The summed E-state index contributed by atoms with van der Waals surface area (Å²) in [6.45, 7) is 5.10. The lowest BCUT2D eigenvalue weighted by molar-refractivity contribution is -0.124. The van der Waals surface area contributed by atoms with Crippen LogP contribution in [-0.4, -0.2) is 60.0 Å². The number of likely N-dealkylation sites (tertiary alicyclic amines) is 1. The maximum atomic E-state index is 14.4. The fourth-order valence-corrected chi connectivity index (χ4v) is 4.75. The fraction of sp³-hybridized carbons (Fsp3) is 0.560. The first-order chi connectivity index (χ1) is 15.9. The molecule has 8 heteroatoms. The molecule has 0 aromatic carbocycles. The van der Waals surface area contributed by atoms with Crippen molar-refractivity contribution in [1.82, 2.24) is 14.9 Å². The van der Waals surface area contributed by atoms with Crippen LogP contribution in [0.15, 0.2) is 24.4 Å². The van der Waals surface area contributed by atoms with Crippen molar-refractivity contribution in [2.24, 2.45) is 11.8 Å². The van der Waals surface area contributed by atoms with Gasteiger partial charge in [0.25, 0.3) is 0 Å². The molecular formula is C25H32ClFN4O2. The minimum absolute atomic E-state index is 0.0251. The Balaban J connectivity index is 1.47. The highest BCUT2D eigenvalue weighted by molar-refractivity contribution is 6.33. The third-order valence-electron chi connectivity index (χ3n) is 6.94. The number of piperidine rings is 1. The van der Waals surface area contributed by atoms with Gasteiger partial charge in [0, 0.05) is 62.1 Å². The van der Waals surface area contributed by atoms with E-state index in [0.29, 0.717) is 40.5 Å². The number of hydrogen-bond donors (Lipinski definition) is 1. The molecule has 0 radical (unpaired) electrons. The Bertz CT molecular complexity index is 983. The van der Waals surface area contributed by atoms with Crippen molar-refractivity contribution in [3.05, 3.63) is 40.9 Å². The van der Waals surface area contributed by atoms with Crippen LogP contribution in [0.3, 0.4) is 0 Å². The summed E-state index contributed by atoms with van der Waals surface area (Å²) in [6.07, 6.45) is 5.65. The molecule has 2 atom stereocenters. The number of carbonyl (C=O) groups excluding carboxylic acids is 1. The first-order valence-electron chi connectivity index (χ1n) is 11.8. The van der Waals surface area contributed by atoms with Crippen molar-refractivity contribution >= 4 is 23.2 Å². The van der Waals surface area contributed by atoms with Gasteiger partial charge >= 0.3 is 0 Å². The molecule has 0 spiro atoms. The van der Waals surface area contributed by atoms with E-state index >= 15 is 0 Å². The first kappa shape index (κ1) is 24.0. The second-order valence-corrected chi connectivity index (χ2v) is 9.73. The lowest BCUT2D eigenvalue weighted by Crippen LogP contribution is -2.41. The second kappa shape index (κ2) is 10.9. The molecule has 2 fully saturated rings. The van der Waals surface area contributed by atoms with Crippen LogP contribution in [0.5, 0.6) is 0 Å². The summed E-state index contributed by atoms with van der Waals surface area (Å²) in [5.41, 5.74) is 1.86. The molecule has 2 aromatic heterocycles. The number of ether oxygens (including phenoxy) is 1. The highest BCUT2D eigenvalue weighted by Gasteiger charge is 2.28. The molecule has 0 unspecified atom stereocenters. The van der Waals surface area contributed by atoms with Crippen molar-refractivity contribution in [2.75, 3.05) is 38.7 Å². The van der Waals surface area contributed by atoms with Gasteiger partial charge in [0.15, 0.2) is 11.6 Å². The van der Waals surface area contributed by atoms with Gasteiger partial charge in [-0.2, -0.15) is 0 Å². The number of ketones is 1. The fourth-order valence-electron chi connectivity index (χ4n) is 4.55. The van der Waals surface area contributed by atoms with Gasteiger partial charge < -0.3 is 15.0 Å². The summed E-state index contributed by atoms with van der Waals surface area (Å²) >= 11 is 6.42. The molecule has 4 heterocycles.